The van der Waals surface area contributed by atoms with Gasteiger partial charge in [0, 0.05) is 17.7 Å². The summed E-state index contributed by atoms with van der Waals surface area (Å²) >= 11 is 0. The van der Waals surface area contributed by atoms with E-state index in [-0.39, 0.29) is 18.1 Å². The molecule has 2 N–H and O–H groups in total. The van der Waals surface area contributed by atoms with Crippen molar-refractivity contribution in [3.05, 3.63) is 47.7 Å². The van der Waals surface area contributed by atoms with E-state index in [0.29, 0.717) is 24.2 Å². The highest BCUT2D eigenvalue weighted by atomic mass is 16.4. The largest absolute Gasteiger partial charge is 0.481 e. The van der Waals surface area contributed by atoms with E-state index in [0.717, 1.165) is 5.56 Å². The van der Waals surface area contributed by atoms with Crippen molar-refractivity contribution in [1.29, 1.82) is 0 Å². The molecule has 1 saturated carbocycles. The number of amides is 1. The minimum absolute atomic E-state index is 0.0199. The lowest BCUT2D eigenvalue weighted by Crippen LogP contribution is -2.34. The third kappa shape index (κ3) is 3.08. The number of rotatable bonds is 6. The van der Waals surface area contributed by atoms with Crippen molar-refractivity contribution in [3.63, 3.8) is 0 Å². The number of carbonyl (C=O) groups excluding carboxylic acids is 2. The molecule has 0 atom stereocenters. The molecule has 0 unspecified atom stereocenters. The van der Waals surface area contributed by atoms with E-state index >= 15 is 0 Å². The minimum atomic E-state index is -0.881. The number of nitrogens with one attached hydrogen (secondary N) is 1. The van der Waals surface area contributed by atoms with Crippen molar-refractivity contribution >= 4 is 17.7 Å². The van der Waals surface area contributed by atoms with E-state index in [4.69, 9.17) is 9.52 Å². The van der Waals surface area contributed by atoms with Crippen LogP contribution in [0.2, 0.25) is 0 Å². The number of hydrogen-bond acceptors (Lipinski definition) is 4. The molecule has 1 aliphatic carbocycles. The van der Waals surface area contributed by atoms with Gasteiger partial charge < -0.3 is 14.8 Å². The Labute approximate surface area is 138 Å². The molecule has 0 aliphatic heterocycles. The van der Waals surface area contributed by atoms with Crippen LogP contribution < -0.4 is 5.32 Å². The van der Waals surface area contributed by atoms with Crippen LogP contribution in [0.15, 0.2) is 40.8 Å². The third-order valence-electron chi connectivity index (χ3n) is 4.30. The fourth-order valence-corrected chi connectivity index (χ4v) is 2.44. The molecule has 0 spiro atoms. The van der Waals surface area contributed by atoms with Crippen LogP contribution in [0.3, 0.4) is 0 Å². The SMILES string of the molecule is CC(=O)c1ccc(-c2ccc(C(=O)NCC3(C(=O)O)CC3)o2)cc1. The van der Waals surface area contributed by atoms with E-state index in [2.05, 4.69) is 5.32 Å². The van der Waals surface area contributed by atoms with Crippen molar-refractivity contribution in [2.45, 2.75) is 19.8 Å². The number of benzene rings is 1. The van der Waals surface area contributed by atoms with Crippen LogP contribution in [0.25, 0.3) is 11.3 Å². The van der Waals surface area contributed by atoms with E-state index in [1.165, 1.54) is 6.92 Å². The van der Waals surface area contributed by atoms with Gasteiger partial charge in [-0.2, -0.15) is 0 Å². The molecule has 24 heavy (non-hydrogen) atoms. The Morgan fingerprint density at radius 2 is 1.79 bits per heavy atom. The Kier molecular flexibility index (Phi) is 3.97. The second kappa shape index (κ2) is 5.96. The lowest BCUT2D eigenvalue weighted by molar-refractivity contribution is -0.143. The van der Waals surface area contributed by atoms with Crippen LogP contribution in [0.4, 0.5) is 0 Å². The first-order valence-electron chi connectivity index (χ1n) is 7.64. The summed E-state index contributed by atoms with van der Waals surface area (Å²) in [7, 11) is 0. The zero-order valence-corrected chi connectivity index (χ0v) is 13.2. The average Bonchev–Trinajstić information content (AvgIpc) is 3.21. The second-order valence-corrected chi connectivity index (χ2v) is 6.07. The number of hydrogen-bond donors (Lipinski definition) is 2. The van der Waals surface area contributed by atoms with E-state index in [1.807, 2.05) is 0 Å². The fourth-order valence-electron chi connectivity index (χ4n) is 2.44. The predicted molar refractivity (Wildman–Crippen MR) is 85.8 cm³/mol. The quantitative estimate of drug-likeness (QED) is 0.795. The molecular formula is C18H17NO5. The lowest BCUT2D eigenvalue weighted by atomic mass is 10.1. The smallest absolute Gasteiger partial charge is 0.311 e. The van der Waals surface area contributed by atoms with E-state index in [1.54, 1.807) is 36.4 Å². The molecular weight excluding hydrogens is 310 g/mol. The third-order valence-corrected chi connectivity index (χ3v) is 4.30. The van der Waals surface area contributed by atoms with Crippen molar-refractivity contribution in [2.24, 2.45) is 5.41 Å². The van der Waals surface area contributed by atoms with Gasteiger partial charge in [0.15, 0.2) is 11.5 Å². The summed E-state index contributed by atoms with van der Waals surface area (Å²) < 4.78 is 5.53. The van der Waals surface area contributed by atoms with Crippen LogP contribution in [0.1, 0.15) is 40.7 Å². The summed E-state index contributed by atoms with van der Waals surface area (Å²) in [5.41, 5.74) is 0.545. The number of Topliss-reactive ketones (excluding diaryl/α,β-unsaturated/α-hetero) is 1. The molecule has 0 radical (unpaired) electrons. The van der Waals surface area contributed by atoms with Crippen molar-refractivity contribution in [3.8, 4) is 11.3 Å². The van der Waals surface area contributed by atoms with Crippen molar-refractivity contribution < 1.29 is 23.9 Å². The lowest BCUT2D eigenvalue weighted by Gasteiger charge is -2.09. The Hall–Kier alpha value is -2.89. The van der Waals surface area contributed by atoms with Crippen molar-refractivity contribution in [1.82, 2.24) is 5.32 Å². The maximum absolute atomic E-state index is 12.1. The van der Waals surface area contributed by atoms with Gasteiger partial charge in [0.2, 0.25) is 0 Å². The Bertz CT molecular complexity index is 799. The second-order valence-electron chi connectivity index (χ2n) is 6.07. The van der Waals surface area contributed by atoms with Gasteiger partial charge in [-0.1, -0.05) is 24.3 Å². The standard InChI is InChI=1S/C18H17NO5/c1-11(20)12-2-4-13(5-3-12)14-6-7-15(24-14)16(21)19-10-18(8-9-18)17(22)23/h2-7H,8-10H2,1H3,(H,19,21)(H,22,23). The first-order chi connectivity index (χ1) is 11.4. The maximum Gasteiger partial charge on any atom is 0.311 e. The molecule has 0 bridgehead atoms. The molecule has 6 heteroatoms. The number of carboxylic acids is 1. The van der Waals surface area contributed by atoms with Gasteiger partial charge in [0.05, 0.1) is 5.41 Å². The molecule has 1 fully saturated rings. The van der Waals surface area contributed by atoms with Gasteiger partial charge >= 0.3 is 5.97 Å². The highest BCUT2D eigenvalue weighted by Gasteiger charge is 2.50. The Morgan fingerprint density at radius 3 is 2.33 bits per heavy atom. The zero-order chi connectivity index (χ0) is 17.3. The predicted octanol–water partition coefficient (Wildman–Crippen LogP) is 2.74. The summed E-state index contributed by atoms with van der Waals surface area (Å²) in [6, 6.07) is 10.1. The zero-order valence-electron chi connectivity index (χ0n) is 13.2. The number of ketones is 1. The molecule has 1 amide bonds. The van der Waals surface area contributed by atoms with Gasteiger partial charge in [-0.15, -0.1) is 0 Å². The Morgan fingerprint density at radius 1 is 1.12 bits per heavy atom. The summed E-state index contributed by atoms with van der Waals surface area (Å²) in [5.74, 6) is -0.701. The summed E-state index contributed by atoms with van der Waals surface area (Å²) in [6.07, 6.45) is 1.16. The molecule has 1 aromatic carbocycles. The molecule has 1 aliphatic rings. The van der Waals surface area contributed by atoms with Crippen LogP contribution in [0, 0.1) is 5.41 Å². The topological polar surface area (TPSA) is 96.6 Å². The van der Waals surface area contributed by atoms with Crippen LogP contribution >= 0.6 is 0 Å². The molecule has 2 aromatic rings. The Balaban J connectivity index is 1.67. The number of carboxylic acid groups (broad SMARTS) is 1. The van der Waals surface area contributed by atoms with Gasteiger partial charge in [0.25, 0.3) is 5.91 Å². The average molecular weight is 327 g/mol. The summed E-state index contributed by atoms with van der Waals surface area (Å²) in [6.45, 7) is 1.60. The van der Waals surface area contributed by atoms with Gasteiger partial charge in [0.1, 0.15) is 5.76 Å². The fraction of sp³-hybridized carbons (Fsp3) is 0.278. The molecule has 6 nitrogen and oxygen atoms in total. The summed E-state index contributed by atoms with van der Waals surface area (Å²) in [5, 5.41) is 11.7. The normalized spacial score (nSPS) is 14.9. The molecule has 3 rings (SSSR count). The van der Waals surface area contributed by atoms with Crippen molar-refractivity contribution in [2.75, 3.05) is 6.54 Å². The first kappa shape index (κ1) is 16.0. The number of carbonyl (C=O) groups is 3. The minimum Gasteiger partial charge on any atom is -0.481 e. The highest BCUT2D eigenvalue weighted by molar-refractivity contribution is 5.95. The highest BCUT2D eigenvalue weighted by Crippen LogP contribution is 2.45. The van der Waals surface area contributed by atoms with Gasteiger partial charge in [-0.25, -0.2) is 0 Å². The first-order valence-corrected chi connectivity index (χ1v) is 7.64. The van der Waals surface area contributed by atoms with Crippen LogP contribution in [0.5, 0.6) is 0 Å². The van der Waals surface area contributed by atoms with E-state index in [9.17, 15) is 14.4 Å². The maximum atomic E-state index is 12.1. The van der Waals surface area contributed by atoms with Gasteiger partial charge in [-0.3, -0.25) is 14.4 Å². The molecule has 124 valence electrons. The van der Waals surface area contributed by atoms with Crippen LogP contribution in [-0.4, -0.2) is 29.3 Å². The van der Waals surface area contributed by atoms with E-state index < -0.39 is 17.3 Å². The molecule has 0 saturated heterocycles. The number of aliphatic carboxylic acids is 1. The molecule has 1 heterocycles. The molecule has 1 aromatic heterocycles. The monoisotopic (exact) mass is 327 g/mol. The van der Waals surface area contributed by atoms with Gasteiger partial charge in [-0.05, 0) is 31.9 Å². The van der Waals surface area contributed by atoms with Crippen LogP contribution in [-0.2, 0) is 4.79 Å². The number of furan rings is 1. The summed E-state index contributed by atoms with van der Waals surface area (Å²) in [4.78, 5) is 34.5.